The van der Waals surface area contributed by atoms with Gasteiger partial charge in [-0.25, -0.2) is 0 Å². The molecule has 0 fully saturated rings. The molecular weight excluding hydrogens is 172 g/mol. The van der Waals surface area contributed by atoms with Crippen molar-refractivity contribution in [2.24, 2.45) is 0 Å². The summed E-state index contributed by atoms with van der Waals surface area (Å²) >= 11 is 0. The third kappa shape index (κ3) is 5.66. The van der Waals surface area contributed by atoms with Crippen molar-refractivity contribution in [2.45, 2.75) is 20.8 Å². The summed E-state index contributed by atoms with van der Waals surface area (Å²) in [5, 5.41) is 0. The molecule has 0 atom stereocenters. The molecule has 0 saturated heterocycles. The molecular formula is C9H12O4. The van der Waals surface area contributed by atoms with Crippen LogP contribution in [0.25, 0.3) is 0 Å². The van der Waals surface area contributed by atoms with E-state index in [-0.39, 0.29) is 5.76 Å². The van der Waals surface area contributed by atoms with E-state index < -0.39 is 11.9 Å². The fourth-order valence-electron chi connectivity index (χ4n) is 0.491. The summed E-state index contributed by atoms with van der Waals surface area (Å²) in [6.45, 7) is 7.63. The lowest BCUT2D eigenvalue weighted by Crippen LogP contribution is -2.00. The van der Waals surface area contributed by atoms with Gasteiger partial charge in [0.25, 0.3) is 0 Å². The number of hydrogen-bond donors (Lipinski definition) is 0. The first-order valence-electron chi connectivity index (χ1n) is 3.65. The van der Waals surface area contributed by atoms with E-state index in [2.05, 4.69) is 16.1 Å². The number of rotatable bonds is 3. The van der Waals surface area contributed by atoms with Crippen LogP contribution in [-0.2, 0) is 19.1 Å². The largest absolute Gasteiger partial charge is 0.434 e. The molecule has 0 aliphatic heterocycles. The third-order valence-corrected chi connectivity index (χ3v) is 1.11. The van der Waals surface area contributed by atoms with E-state index >= 15 is 0 Å². The molecule has 4 nitrogen and oxygen atoms in total. The number of hydrogen-bond acceptors (Lipinski definition) is 4. The summed E-state index contributed by atoms with van der Waals surface area (Å²) in [5.74, 6) is -0.718. The summed E-state index contributed by atoms with van der Waals surface area (Å²) in [4.78, 5) is 20.9. The first kappa shape index (κ1) is 11.4. The molecule has 4 heteroatoms. The number of esters is 2. The number of allylic oxidation sites excluding steroid dienone is 1. The first-order valence-corrected chi connectivity index (χ1v) is 3.65. The van der Waals surface area contributed by atoms with Crippen LogP contribution in [0.1, 0.15) is 20.8 Å². The minimum Gasteiger partial charge on any atom is -0.434 e. The number of carbonyl (C=O) groups is 2. The van der Waals surface area contributed by atoms with Crippen LogP contribution in [0.4, 0.5) is 0 Å². The second kappa shape index (κ2) is 5.13. The van der Waals surface area contributed by atoms with Crippen molar-refractivity contribution in [2.75, 3.05) is 0 Å². The van der Waals surface area contributed by atoms with Crippen LogP contribution < -0.4 is 0 Å². The average Bonchev–Trinajstić information content (AvgIpc) is 1.98. The van der Waals surface area contributed by atoms with Crippen molar-refractivity contribution in [1.29, 1.82) is 0 Å². The molecule has 13 heavy (non-hydrogen) atoms. The third-order valence-electron chi connectivity index (χ3n) is 1.11. The Bertz CT molecular complexity index is 263. The van der Waals surface area contributed by atoms with Gasteiger partial charge in [-0.15, -0.1) is 0 Å². The molecule has 0 spiro atoms. The molecule has 0 aromatic rings. The van der Waals surface area contributed by atoms with Gasteiger partial charge in [0.2, 0.25) is 0 Å². The van der Waals surface area contributed by atoms with E-state index in [0.717, 1.165) is 0 Å². The lowest BCUT2D eigenvalue weighted by molar-refractivity contribution is -0.136. The molecule has 0 saturated carbocycles. The zero-order valence-corrected chi connectivity index (χ0v) is 7.92. The monoisotopic (exact) mass is 184 g/mol. The molecule has 0 rings (SSSR count). The van der Waals surface area contributed by atoms with Crippen molar-refractivity contribution in [3.63, 3.8) is 0 Å². The standard InChI is InChI=1S/C9H12O4/c1-6(5-12-8(3)10)7(2)13-9(4)11/h5H,2H2,1,3-4H3. The molecule has 0 unspecified atom stereocenters. The Kier molecular flexibility index (Phi) is 4.51. The SMILES string of the molecule is C=C(OC(C)=O)C(C)=COC(C)=O. The van der Waals surface area contributed by atoms with Gasteiger partial charge in [-0.3, -0.25) is 9.59 Å². The van der Waals surface area contributed by atoms with Crippen molar-refractivity contribution < 1.29 is 19.1 Å². The summed E-state index contributed by atoms with van der Waals surface area (Å²) < 4.78 is 9.20. The van der Waals surface area contributed by atoms with Gasteiger partial charge in [-0.2, -0.15) is 0 Å². The molecule has 0 radical (unpaired) electrons. The first-order chi connectivity index (χ1) is 5.93. The van der Waals surface area contributed by atoms with Crippen LogP contribution in [0.15, 0.2) is 24.2 Å². The van der Waals surface area contributed by atoms with Crippen LogP contribution >= 0.6 is 0 Å². The lowest BCUT2D eigenvalue weighted by Gasteiger charge is -2.04. The fourth-order valence-corrected chi connectivity index (χ4v) is 0.491. The highest BCUT2D eigenvalue weighted by atomic mass is 16.5. The molecule has 0 aliphatic carbocycles. The van der Waals surface area contributed by atoms with Crippen molar-refractivity contribution in [3.8, 4) is 0 Å². The topological polar surface area (TPSA) is 52.6 Å². The predicted molar refractivity (Wildman–Crippen MR) is 46.4 cm³/mol. The average molecular weight is 184 g/mol. The van der Waals surface area contributed by atoms with Crippen LogP contribution in [0.5, 0.6) is 0 Å². The minimum absolute atomic E-state index is 0.175. The van der Waals surface area contributed by atoms with Gasteiger partial charge in [-0.05, 0) is 6.92 Å². The summed E-state index contributed by atoms with van der Waals surface area (Å²) in [6.07, 6.45) is 1.19. The maximum Gasteiger partial charge on any atom is 0.308 e. The minimum atomic E-state index is -0.458. The molecule has 0 heterocycles. The van der Waals surface area contributed by atoms with Gasteiger partial charge in [-0.1, -0.05) is 6.58 Å². The van der Waals surface area contributed by atoms with Gasteiger partial charge < -0.3 is 9.47 Å². The molecule has 0 N–H and O–H groups in total. The van der Waals surface area contributed by atoms with Gasteiger partial charge in [0.05, 0.1) is 0 Å². The predicted octanol–water partition coefficient (Wildman–Crippen LogP) is 1.53. The van der Waals surface area contributed by atoms with Crippen LogP contribution in [-0.4, -0.2) is 11.9 Å². The molecule has 0 aromatic carbocycles. The van der Waals surface area contributed by atoms with Crippen LogP contribution in [0.2, 0.25) is 0 Å². The van der Waals surface area contributed by atoms with Crippen LogP contribution in [0, 0.1) is 0 Å². The normalized spacial score (nSPS) is 10.5. The Morgan fingerprint density at radius 3 is 2.08 bits per heavy atom. The Labute approximate surface area is 76.8 Å². The Hall–Kier alpha value is -1.58. The Morgan fingerprint density at radius 2 is 1.69 bits per heavy atom. The second-order valence-electron chi connectivity index (χ2n) is 2.43. The maximum atomic E-state index is 10.5. The Morgan fingerprint density at radius 1 is 1.15 bits per heavy atom. The lowest BCUT2D eigenvalue weighted by atomic mass is 10.3. The van der Waals surface area contributed by atoms with E-state index in [9.17, 15) is 9.59 Å². The van der Waals surface area contributed by atoms with Crippen molar-refractivity contribution >= 4 is 11.9 Å². The highest BCUT2D eigenvalue weighted by Crippen LogP contribution is 2.08. The van der Waals surface area contributed by atoms with E-state index in [4.69, 9.17) is 0 Å². The van der Waals surface area contributed by atoms with Gasteiger partial charge >= 0.3 is 11.9 Å². The van der Waals surface area contributed by atoms with Gasteiger partial charge in [0, 0.05) is 19.4 Å². The highest BCUT2D eigenvalue weighted by molar-refractivity contribution is 5.68. The van der Waals surface area contributed by atoms with E-state index in [0.29, 0.717) is 5.57 Å². The van der Waals surface area contributed by atoms with Gasteiger partial charge in [0.1, 0.15) is 12.0 Å². The quantitative estimate of drug-likeness (QED) is 0.379. The summed E-state index contributed by atoms with van der Waals surface area (Å²) in [5.41, 5.74) is 0.491. The summed E-state index contributed by atoms with van der Waals surface area (Å²) in [6, 6.07) is 0. The number of ether oxygens (including phenoxy) is 2. The smallest absolute Gasteiger partial charge is 0.308 e. The Balaban J connectivity index is 4.16. The maximum absolute atomic E-state index is 10.5. The van der Waals surface area contributed by atoms with Gasteiger partial charge in [0.15, 0.2) is 0 Å². The molecule has 0 bridgehead atoms. The molecule has 0 aromatic heterocycles. The second-order valence-corrected chi connectivity index (χ2v) is 2.43. The van der Waals surface area contributed by atoms with E-state index in [1.165, 1.54) is 20.1 Å². The van der Waals surface area contributed by atoms with Crippen LogP contribution in [0.3, 0.4) is 0 Å². The fraction of sp³-hybridized carbons (Fsp3) is 0.333. The molecule has 72 valence electrons. The van der Waals surface area contributed by atoms with E-state index in [1.54, 1.807) is 6.92 Å². The number of carbonyl (C=O) groups excluding carboxylic acids is 2. The molecule has 0 aliphatic rings. The van der Waals surface area contributed by atoms with Crippen molar-refractivity contribution in [1.82, 2.24) is 0 Å². The zero-order chi connectivity index (χ0) is 10.4. The highest BCUT2D eigenvalue weighted by Gasteiger charge is 2.02. The van der Waals surface area contributed by atoms with Crippen molar-refractivity contribution in [3.05, 3.63) is 24.2 Å². The van der Waals surface area contributed by atoms with E-state index in [1.807, 2.05) is 0 Å². The zero-order valence-electron chi connectivity index (χ0n) is 7.92. The molecule has 0 amide bonds. The summed E-state index contributed by atoms with van der Waals surface area (Å²) in [7, 11) is 0.